The highest BCUT2D eigenvalue weighted by molar-refractivity contribution is 5.35. The van der Waals surface area contributed by atoms with Crippen molar-refractivity contribution in [3.05, 3.63) is 42.0 Å². The van der Waals surface area contributed by atoms with Gasteiger partial charge < -0.3 is 14.4 Å². The molecule has 1 unspecified atom stereocenters. The molecule has 0 saturated carbocycles. The molecule has 0 amide bonds. The molecule has 1 N–H and O–H groups in total. The van der Waals surface area contributed by atoms with Crippen molar-refractivity contribution in [1.82, 2.24) is 14.8 Å². The van der Waals surface area contributed by atoms with E-state index in [4.69, 9.17) is 4.74 Å². The predicted molar refractivity (Wildman–Crippen MR) is 67.0 cm³/mol. The van der Waals surface area contributed by atoms with Gasteiger partial charge in [0.25, 0.3) is 0 Å². The number of ether oxygens (including phenoxy) is 1. The molecule has 0 aliphatic heterocycles. The number of aliphatic hydroxyl groups excluding tert-OH is 1. The SMILES string of the molecule is CCC(O)c1ccccc1OCc1nncn1C. The van der Waals surface area contributed by atoms with Crippen molar-refractivity contribution in [1.29, 1.82) is 0 Å². The van der Waals surface area contributed by atoms with Crippen molar-refractivity contribution in [2.24, 2.45) is 7.05 Å². The van der Waals surface area contributed by atoms with Gasteiger partial charge in [0.2, 0.25) is 0 Å². The standard InChI is InChI=1S/C13H17N3O2/c1-3-11(17)10-6-4-5-7-12(10)18-8-13-15-14-9-16(13)2/h4-7,9,11,17H,3,8H2,1-2H3. The molecular weight excluding hydrogens is 230 g/mol. The summed E-state index contributed by atoms with van der Waals surface area (Å²) in [5.74, 6) is 1.44. The summed E-state index contributed by atoms with van der Waals surface area (Å²) >= 11 is 0. The fourth-order valence-electron chi connectivity index (χ4n) is 1.69. The number of nitrogens with zero attached hydrogens (tertiary/aromatic N) is 3. The van der Waals surface area contributed by atoms with Gasteiger partial charge in [-0.05, 0) is 12.5 Å². The van der Waals surface area contributed by atoms with Gasteiger partial charge >= 0.3 is 0 Å². The normalized spacial score (nSPS) is 12.4. The Morgan fingerprint density at radius 1 is 1.39 bits per heavy atom. The molecule has 5 heteroatoms. The molecule has 0 radical (unpaired) electrons. The number of benzene rings is 1. The van der Waals surface area contributed by atoms with Gasteiger partial charge in [-0.1, -0.05) is 25.1 Å². The zero-order valence-corrected chi connectivity index (χ0v) is 10.6. The summed E-state index contributed by atoms with van der Waals surface area (Å²) < 4.78 is 7.51. The second kappa shape index (κ2) is 5.64. The third-order valence-corrected chi connectivity index (χ3v) is 2.83. The maximum atomic E-state index is 9.91. The van der Waals surface area contributed by atoms with Gasteiger partial charge in [0, 0.05) is 12.6 Å². The summed E-state index contributed by atoms with van der Waals surface area (Å²) in [5, 5.41) is 17.7. The first kappa shape index (κ1) is 12.6. The van der Waals surface area contributed by atoms with Crippen LogP contribution >= 0.6 is 0 Å². The fraction of sp³-hybridized carbons (Fsp3) is 0.385. The van der Waals surface area contributed by atoms with Crippen molar-refractivity contribution >= 4 is 0 Å². The van der Waals surface area contributed by atoms with E-state index in [0.29, 0.717) is 18.8 Å². The Labute approximate surface area is 106 Å². The number of aryl methyl sites for hydroxylation is 1. The molecule has 0 saturated heterocycles. The van der Waals surface area contributed by atoms with Crippen LogP contribution in [0.4, 0.5) is 0 Å². The molecule has 1 aromatic carbocycles. The van der Waals surface area contributed by atoms with Gasteiger partial charge in [-0.15, -0.1) is 10.2 Å². The smallest absolute Gasteiger partial charge is 0.170 e. The van der Waals surface area contributed by atoms with E-state index in [1.807, 2.05) is 38.2 Å². The maximum Gasteiger partial charge on any atom is 0.170 e. The van der Waals surface area contributed by atoms with Gasteiger partial charge in [0.1, 0.15) is 18.7 Å². The van der Waals surface area contributed by atoms with Crippen LogP contribution in [0.2, 0.25) is 0 Å². The van der Waals surface area contributed by atoms with Crippen LogP contribution in [0.5, 0.6) is 5.75 Å². The lowest BCUT2D eigenvalue weighted by Gasteiger charge is -2.14. The molecule has 5 nitrogen and oxygen atoms in total. The lowest BCUT2D eigenvalue weighted by Crippen LogP contribution is -2.06. The average Bonchev–Trinajstić information content (AvgIpc) is 2.81. The van der Waals surface area contributed by atoms with Gasteiger partial charge in [0.15, 0.2) is 5.82 Å². The molecular formula is C13H17N3O2. The quantitative estimate of drug-likeness (QED) is 0.875. The minimum Gasteiger partial charge on any atom is -0.485 e. The van der Waals surface area contributed by atoms with E-state index in [1.165, 1.54) is 0 Å². The Morgan fingerprint density at radius 3 is 2.83 bits per heavy atom. The zero-order chi connectivity index (χ0) is 13.0. The number of rotatable bonds is 5. The van der Waals surface area contributed by atoms with Crippen LogP contribution in [-0.4, -0.2) is 19.9 Å². The number of hydrogen-bond donors (Lipinski definition) is 1. The van der Waals surface area contributed by atoms with Crippen LogP contribution in [0.15, 0.2) is 30.6 Å². The van der Waals surface area contributed by atoms with Crippen molar-refractivity contribution < 1.29 is 9.84 Å². The van der Waals surface area contributed by atoms with Crippen molar-refractivity contribution in [2.45, 2.75) is 26.1 Å². The topological polar surface area (TPSA) is 60.2 Å². The molecule has 2 rings (SSSR count). The fourth-order valence-corrected chi connectivity index (χ4v) is 1.69. The van der Waals surface area contributed by atoms with Gasteiger partial charge in [-0.25, -0.2) is 0 Å². The largest absolute Gasteiger partial charge is 0.485 e. The minimum atomic E-state index is -0.499. The Balaban J connectivity index is 2.12. The van der Waals surface area contributed by atoms with Crippen LogP contribution in [0.1, 0.15) is 30.8 Å². The van der Waals surface area contributed by atoms with E-state index in [0.717, 1.165) is 11.4 Å². The Bertz CT molecular complexity index is 510. The number of aliphatic hydroxyl groups is 1. The van der Waals surface area contributed by atoms with Crippen LogP contribution in [0.3, 0.4) is 0 Å². The van der Waals surface area contributed by atoms with E-state index in [9.17, 15) is 5.11 Å². The van der Waals surface area contributed by atoms with E-state index in [2.05, 4.69) is 10.2 Å². The second-order valence-electron chi connectivity index (χ2n) is 4.11. The number of hydrogen-bond acceptors (Lipinski definition) is 4. The van der Waals surface area contributed by atoms with Crippen LogP contribution in [0.25, 0.3) is 0 Å². The van der Waals surface area contributed by atoms with E-state index >= 15 is 0 Å². The molecule has 18 heavy (non-hydrogen) atoms. The van der Waals surface area contributed by atoms with E-state index in [1.54, 1.807) is 10.9 Å². The molecule has 0 bridgehead atoms. The van der Waals surface area contributed by atoms with E-state index in [-0.39, 0.29) is 0 Å². The average molecular weight is 247 g/mol. The van der Waals surface area contributed by atoms with E-state index < -0.39 is 6.10 Å². The molecule has 2 aromatic rings. The first-order valence-electron chi connectivity index (χ1n) is 5.95. The summed E-state index contributed by atoms with van der Waals surface area (Å²) in [7, 11) is 1.87. The Hall–Kier alpha value is -1.88. The second-order valence-corrected chi connectivity index (χ2v) is 4.11. The highest BCUT2D eigenvalue weighted by Crippen LogP contribution is 2.27. The van der Waals surface area contributed by atoms with Gasteiger partial charge in [-0.3, -0.25) is 0 Å². The molecule has 1 heterocycles. The summed E-state index contributed by atoms with van der Waals surface area (Å²) in [5.41, 5.74) is 0.808. The molecule has 1 atom stereocenters. The number of aromatic nitrogens is 3. The first-order chi connectivity index (χ1) is 8.72. The Morgan fingerprint density at radius 2 is 2.17 bits per heavy atom. The number of para-hydroxylation sites is 1. The highest BCUT2D eigenvalue weighted by Gasteiger charge is 2.11. The third kappa shape index (κ3) is 2.68. The maximum absolute atomic E-state index is 9.91. The summed E-state index contributed by atoms with van der Waals surface area (Å²) in [4.78, 5) is 0. The van der Waals surface area contributed by atoms with Crippen molar-refractivity contribution in [3.63, 3.8) is 0 Å². The molecule has 0 aliphatic rings. The zero-order valence-electron chi connectivity index (χ0n) is 10.6. The molecule has 1 aromatic heterocycles. The van der Waals surface area contributed by atoms with Gasteiger partial charge in [-0.2, -0.15) is 0 Å². The van der Waals surface area contributed by atoms with Gasteiger partial charge in [0.05, 0.1) is 6.10 Å². The summed E-state index contributed by atoms with van der Waals surface area (Å²) in [6.07, 6.45) is 1.79. The summed E-state index contributed by atoms with van der Waals surface area (Å²) in [6.45, 7) is 2.27. The van der Waals surface area contributed by atoms with Crippen molar-refractivity contribution in [3.8, 4) is 5.75 Å². The third-order valence-electron chi connectivity index (χ3n) is 2.83. The van der Waals surface area contributed by atoms with Crippen LogP contribution < -0.4 is 4.74 Å². The highest BCUT2D eigenvalue weighted by atomic mass is 16.5. The van der Waals surface area contributed by atoms with Crippen molar-refractivity contribution in [2.75, 3.05) is 0 Å². The van der Waals surface area contributed by atoms with Crippen LogP contribution in [-0.2, 0) is 13.7 Å². The molecule has 0 fully saturated rings. The minimum absolute atomic E-state index is 0.337. The molecule has 96 valence electrons. The predicted octanol–water partition coefficient (Wildman–Crippen LogP) is 1.84. The molecule has 0 spiro atoms. The Kier molecular flexibility index (Phi) is 3.94. The lowest BCUT2D eigenvalue weighted by atomic mass is 10.1. The van der Waals surface area contributed by atoms with Crippen LogP contribution in [0, 0.1) is 0 Å². The summed E-state index contributed by atoms with van der Waals surface area (Å²) in [6, 6.07) is 7.51. The lowest BCUT2D eigenvalue weighted by molar-refractivity contribution is 0.165. The molecule has 0 aliphatic carbocycles. The monoisotopic (exact) mass is 247 g/mol. The first-order valence-corrected chi connectivity index (χ1v) is 5.95.